The molecule has 3 heterocycles. The molecule has 2 aromatic heterocycles. The van der Waals surface area contributed by atoms with E-state index in [1.165, 1.54) is 12.8 Å². The van der Waals surface area contributed by atoms with Crippen LogP contribution in [0.5, 0.6) is 0 Å². The summed E-state index contributed by atoms with van der Waals surface area (Å²) in [5, 5.41) is 12.7. The number of carbonyl (C=O) groups excluding carboxylic acids is 1. The maximum Gasteiger partial charge on any atom is 0.324 e. The van der Waals surface area contributed by atoms with Gasteiger partial charge >= 0.3 is 6.03 Å². The first kappa shape index (κ1) is 16.3. The van der Waals surface area contributed by atoms with E-state index >= 15 is 0 Å². The summed E-state index contributed by atoms with van der Waals surface area (Å²) in [4.78, 5) is 14.7. The molecule has 1 fully saturated rings. The van der Waals surface area contributed by atoms with Gasteiger partial charge < -0.3 is 14.6 Å². The summed E-state index contributed by atoms with van der Waals surface area (Å²) in [6.07, 6.45) is 2.37. The maximum absolute atomic E-state index is 12.4. The van der Waals surface area contributed by atoms with E-state index in [1.807, 2.05) is 43.3 Å². The van der Waals surface area contributed by atoms with Crippen molar-refractivity contribution in [3.05, 3.63) is 48.2 Å². The molecule has 1 aliphatic heterocycles. The van der Waals surface area contributed by atoms with Gasteiger partial charge in [-0.15, -0.1) is 0 Å². The first-order valence-electron chi connectivity index (χ1n) is 8.73. The SMILES string of the molecule is Cc1ccc(-c2cc(NC(=O)Nc3ccccc3N3CCCC3)n[nH]2)o1. The monoisotopic (exact) mass is 351 g/mol. The van der Waals surface area contributed by atoms with Crippen LogP contribution in [0.4, 0.5) is 22.0 Å². The molecular weight excluding hydrogens is 330 g/mol. The molecular formula is C19H21N5O2. The van der Waals surface area contributed by atoms with Crippen molar-refractivity contribution in [2.75, 3.05) is 28.6 Å². The van der Waals surface area contributed by atoms with Crippen LogP contribution < -0.4 is 15.5 Å². The molecule has 1 aromatic carbocycles. The number of nitrogens with zero attached hydrogens (tertiary/aromatic N) is 2. The van der Waals surface area contributed by atoms with E-state index < -0.39 is 0 Å². The highest BCUT2D eigenvalue weighted by Gasteiger charge is 2.17. The van der Waals surface area contributed by atoms with E-state index in [4.69, 9.17) is 4.42 Å². The molecule has 7 heteroatoms. The van der Waals surface area contributed by atoms with Gasteiger partial charge in [0, 0.05) is 19.2 Å². The Hall–Kier alpha value is -3.22. The average Bonchev–Trinajstić information content (AvgIpc) is 3.36. The number of anilines is 3. The van der Waals surface area contributed by atoms with Crippen molar-refractivity contribution in [1.29, 1.82) is 0 Å². The number of aromatic nitrogens is 2. The fraction of sp³-hybridized carbons (Fsp3) is 0.263. The zero-order chi connectivity index (χ0) is 17.9. The molecule has 0 bridgehead atoms. The molecule has 134 valence electrons. The van der Waals surface area contributed by atoms with Crippen LogP contribution >= 0.6 is 0 Å². The van der Waals surface area contributed by atoms with Gasteiger partial charge in [-0.2, -0.15) is 5.10 Å². The van der Waals surface area contributed by atoms with Gasteiger partial charge in [0.25, 0.3) is 0 Å². The highest BCUT2D eigenvalue weighted by molar-refractivity contribution is 6.01. The zero-order valence-corrected chi connectivity index (χ0v) is 14.6. The van der Waals surface area contributed by atoms with Gasteiger partial charge in [0.05, 0.1) is 11.4 Å². The number of hydrogen-bond acceptors (Lipinski definition) is 4. The van der Waals surface area contributed by atoms with Crippen molar-refractivity contribution in [2.24, 2.45) is 0 Å². The van der Waals surface area contributed by atoms with Gasteiger partial charge in [0.1, 0.15) is 11.5 Å². The lowest BCUT2D eigenvalue weighted by atomic mass is 10.2. The number of nitrogens with one attached hydrogen (secondary N) is 3. The van der Waals surface area contributed by atoms with Gasteiger partial charge in [-0.25, -0.2) is 4.79 Å². The second-order valence-electron chi connectivity index (χ2n) is 6.37. The standard InChI is InChI=1S/C19H21N5O2/c1-13-8-9-17(26-13)15-12-18(23-22-15)21-19(25)20-14-6-2-3-7-16(14)24-10-4-5-11-24/h2-3,6-9,12H,4-5,10-11H2,1H3,(H3,20,21,22,23,25). The molecule has 0 saturated carbocycles. The quantitative estimate of drug-likeness (QED) is 0.657. The number of furan rings is 1. The molecule has 2 amide bonds. The summed E-state index contributed by atoms with van der Waals surface area (Å²) in [7, 11) is 0. The average molecular weight is 351 g/mol. The van der Waals surface area contributed by atoms with Crippen molar-refractivity contribution in [3.8, 4) is 11.5 Å². The predicted molar refractivity (Wildman–Crippen MR) is 102 cm³/mol. The Morgan fingerprint density at radius 3 is 2.73 bits per heavy atom. The van der Waals surface area contributed by atoms with E-state index in [1.54, 1.807) is 6.07 Å². The highest BCUT2D eigenvalue weighted by Crippen LogP contribution is 2.29. The predicted octanol–water partition coefficient (Wildman–Crippen LogP) is 4.22. The number of carbonyl (C=O) groups is 1. The molecule has 0 aliphatic carbocycles. The third-order valence-corrected chi connectivity index (χ3v) is 4.42. The normalized spacial score (nSPS) is 13.8. The van der Waals surface area contributed by atoms with E-state index in [-0.39, 0.29) is 6.03 Å². The van der Waals surface area contributed by atoms with Crippen LogP contribution in [0.15, 0.2) is 46.9 Å². The first-order chi connectivity index (χ1) is 12.7. The number of hydrogen-bond donors (Lipinski definition) is 3. The molecule has 0 atom stereocenters. The topological polar surface area (TPSA) is 86.2 Å². The van der Waals surface area contributed by atoms with E-state index in [0.717, 1.165) is 30.2 Å². The van der Waals surface area contributed by atoms with Crippen LogP contribution in [0.3, 0.4) is 0 Å². The van der Waals surface area contributed by atoms with Crippen LogP contribution in [0.25, 0.3) is 11.5 Å². The Morgan fingerprint density at radius 1 is 1.15 bits per heavy atom. The molecule has 4 rings (SSSR count). The summed E-state index contributed by atoms with van der Waals surface area (Å²) >= 11 is 0. The summed E-state index contributed by atoms with van der Waals surface area (Å²) in [6.45, 7) is 3.92. The number of benzene rings is 1. The second kappa shape index (κ2) is 6.95. The van der Waals surface area contributed by atoms with Crippen molar-refractivity contribution in [1.82, 2.24) is 10.2 Å². The second-order valence-corrected chi connectivity index (χ2v) is 6.37. The van der Waals surface area contributed by atoms with E-state index in [0.29, 0.717) is 17.3 Å². The minimum atomic E-state index is -0.328. The third kappa shape index (κ3) is 3.42. The molecule has 3 aromatic rings. The Balaban J connectivity index is 1.44. The summed E-state index contributed by atoms with van der Waals surface area (Å²) in [5.74, 6) is 1.94. The van der Waals surface area contributed by atoms with Crippen molar-refractivity contribution in [3.63, 3.8) is 0 Å². The summed E-state index contributed by atoms with van der Waals surface area (Å²) in [6, 6.07) is 13.0. The highest BCUT2D eigenvalue weighted by atomic mass is 16.3. The minimum Gasteiger partial charge on any atom is -0.460 e. The summed E-state index contributed by atoms with van der Waals surface area (Å²) in [5.41, 5.74) is 2.56. The molecule has 0 radical (unpaired) electrons. The Labute approximate surface area is 151 Å². The van der Waals surface area contributed by atoms with Crippen molar-refractivity contribution in [2.45, 2.75) is 19.8 Å². The minimum absolute atomic E-state index is 0.328. The van der Waals surface area contributed by atoms with Crippen molar-refractivity contribution < 1.29 is 9.21 Å². The van der Waals surface area contributed by atoms with Crippen LogP contribution in [0.1, 0.15) is 18.6 Å². The molecule has 3 N–H and O–H groups in total. The molecule has 0 spiro atoms. The van der Waals surface area contributed by atoms with Gasteiger partial charge in [-0.3, -0.25) is 10.4 Å². The number of aromatic amines is 1. The van der Waals surface area contributed by atoms with Crippen LogP contribution in [0, 0.1) is 6.92 Å². The van der Waals surface area contributed by atoms with Gasteiger partial charge in [0.2, 0.25) is 0 Å². The Kier molecular flexibility index (Phi) is 4.35. The lowest BCUT2D eigenvalue weighted by Gasteiger charge is -2.21. The van der Waals surface area contributed by atoms with Crippen LogP contribution in [-0.2, 0) is 0 Å². The first-order valence-corrected chi connectivity index (χ1v) is 8.73. The molecule has 1 aliphatic rings. The largest absolute Gasteiger partial charge is 0.460 e. The van der Waals surface area contributed by atoms with Gasteiger partial charge in [-0.1, -0.05) is 12.1 Å². The smallest absolute Gasteiger partial charge is 0.324 e. The van der Waals surface area contributed by atoms with Gasteiger partial charge in [-0.05, 0) is 44.0 Å². The number of aryl methyl sites for hydroxylation is 1. The zero-order valence-electron chi connectivity index (χ0n) is 14.6. The fourth-order valence-corrected chi connectivity index (χ4v) is 3.17. The number of para-hydroxylation sites is 2. The van der Waals surface area contributed by atoms with Gasteiger partial charge in [0.15, 0.2) is 11.6 Å². The molecule has 26 heavy (non-hydrogen) atoms. The number of rotatable bonds is 4. The van der Waals surface area contributed by atoms with Crippen molar-refractivity contribution >= 4 is 23.2 Å². The molecule has 1 saturated heterocycles. The number of amides is 2. The van der Waals surface area contributed by atoms with Crippen LogP contribution in [0.2, 0.25) is 0 Å². The van der Waals surface area contributed by atoms with Crippen LogP contribution in [-0.4, -0.2) is 29.3 Å². The Bertz CT molecular complexity index is 908. The summed E-state index contributed by atoms with van der Waals surface area (Å²) < 4.78 is 5.55. The van der Waals surface area contributed by atoms with E-state index in [2.05, 4.69) is 25.7 Å². The number of H-pyrrole nitrogens is 1. The molecule has 7 nitrogen and oxygen atoms in total. The number of urea groups is 1. The lowest BCUT2D eigenvalue weighted by Crippen LogP contribution is -2.23. The third-order valence-electron chi connectivity index (χ3n) is 4.42. The molecule has 0 unspecified atom stereocenters. The maximum atomic E-state index is 12.4. The lowest BCUT2D eigenvalue weighted by molar-refractivity contribution is 0.262. The van der Waals surface area contributed by atoms with E-state index in [9.17, 15) is 4.79 Å². The fourth-order valence-electron chi connectivity index (χ4n) is 3.17. The Morgan fingerprint density at radius 2 is 1.96 bits per heavy atom.